The van der Waals surface area contributed by atoms with E-state index in [1.54, 1.807) is 0 Å². The number of halogens is 1. The van der Waals surface area contributed by atoms with Gasteiger partial charge in [0.25, 0.3) is 0 Å². The normalized spacial score (nSPS) is 11.1. The minimum Gasteiger partial charge on any atom is -0.379 e. The van der Waals surface area contributed by atoms with Gasteiger partial charge in [0.05, 0.1) is 0 Å². The van der Waals surface area contributed by atoms with Crippen LogP contribution in [0.4, 0.5) is 0 Å². The van der Waals surface area contributed by atoms with Crippen LogP contribution in [0.25, 0.3) is 0 Å². The van der Waals surface area contributed by atoms with Gasteiger partial charge >= 0.3 is 0 Å². The van der Waals surface area contributed by atoms with E-state index < -0.39 is 0 Å². The van der Waals surface area contributed by atoms with Gasteiger partial charge in [-0.15, -0.1) is 17.0 Å². The van der Waals surface area contributed by atoms with Crippen LogP contribution in [-0.2, 0) is 0 Å². The SMILES string of the molecule is Br.CCCCCCCCCCCCCCCCCCCCCCCCCCCCCCCCSC(=N)N. The van der Waals surface area contributed by atoms with Crippen LogP contribution in [0.5, 0.6) is 0 Å². The molecular weight excluding hydrogens is 536 g/mol. The lowest BCUT2D eigenvalue weighted by molar-refractivity contribution is 0.513. The van der Waals surface area contributed by atoms with Crippen LogP contribution >= 0.6 is 28.7 Å². The molecule has 3 N–H and O–H groups in total. The fourth-order valence-corrected chi connectivity index (χ4v) is 5.88. The molecule has 0 heterocycles. The van der Waals surface area contributed by atoms with Crippen LogP contribution in [0, 0.1) is 5.41 Å². The first kappa shape index (κ1) is 39.4. The van der Waals surface area contributed by atoms with Crippen LogP contribution in [-0.4, -0.2) is 10.9 Å². The second-order valence-electron chi connectivity index (χ2n) is 11.5. The second-order valence-corrected chi connectivity index (χ2v) is 12.6. The molecule has 0 aromatic heterocycles. The third-order valence-electron chi connectivity index (χ3n) is 7.76. The molecule has 0 aliphatic heterocycles. The Hall–Kier alpha value is 0.300. The molecule has 0 aliphatic carbocycles. The minimum atomic E-state index is 0. The average Bonchev–Trinajstić information content (AvgIpc) is 2.87. The second kappa shape index (κ2) is 36.3. The number of amidine groups is 1. The van der Waals surface area contributed by atoms with Crippen molar-refractivity contribution in [3.05, 3.63) is 0 Å². The van der Waals surface area contributed by atoms with E-state index in [0.29, 0.717) is 0 Å². The summed E-state index contributed by atoms with van der Waals surface area (Å²) in [5.74, 6) is 1.02. The largest absolute Gasteiger partial charge is 0.379 e. The van der Waals surface area contributed by atoms with E-state index in [0.717, 1.165) is 5.75 Å². The predicted molar refractivity (Wildman–Crippen MR) is 179 cm³/mol. The van der Waals surface area contributed by atoms with E-state index in [-0.39, 0.29) is 22.1 Å². The Kier molecular flexibility index (Phi) is 38.7. The van der Waals surface area contributed by atoms with E-state index >= 15 is 0 Å². The lowest BCUT2D eigenvalue weighted by atomic mass is 10.0. The van der Waals surface area contributed by atoms with E-state index in [1.807, 2.05) is 0 Å². The summed E-state index contributed by atoms with van der Waals surface area (Å²) in [7, 11) is 0. The highest BCUT2D eigenvalue weighted by Crippen LogP contribution is 2.16. The van der Waals surface area contributed by atoms with Gasteiger partial charge in [-0.3, -0.25) is 5.41 Å². The van der Waals surface area contributed by atoms with Crippen molar-refractivity contribution in [3.63, 3.8) is 0 Å². The zero-order valence-electron chi connectivity index (χ0n) is 25.3. The first-order valence-corrected chi connectivity index (χ1v) is 17.7. The molecule has 0 radical (unpaired) electrons. The first-order valence-electron chi connectivity index (χ1n) is 16.7. The monoisotopic (exact) mass is 604 g/mol. The highest BCUT2D eigenvalue weighted by molar-refractivity contribution is 8.93. The van der Waals surface area contributed by atoms with Gasteiger partial charge in [-0.1, -0.05) is 205 Å². The Bertz CT molecular complexity index is 419. The summed E-state index contributed by atoms with van der Waals surface area (Å²) in [4.78, 5) is 0. The van der Waals surface area contributed by atoms with Gasteiger partial charge in [-0.05, 0) is 6.42 Å². The summed E-state index contributed by atoms with van der Waals surface area (Å²) in [5.41, 5.74) is 5.35. The van der Waals surface area contributed by atoms with Crippen LogP contribution in [0.15, 0.2) is 0 Å². The molecule has 0 amide bonds. The Labute approximate surface area is 249 Å². The standard InChI is InChI=1S/C33H68N2S.BrH/c1-2-3-4-5-6-7-8-9-10-11-12-13-14-15-16-17-18-19-20-21-22-23-24-25-26-27-28-29-30-31-32-36-33(34)35;/h2-32H2,1H3,(H3,34,35);1H. The Morgan fingerprint density at radius 2 is 0.595 bits per heavy atom. The molecule has 0 bridgehead atoms. The van der Waals surface area contributed by atoms with Crippen molar-refractivity contribution >= 4 is 33.9 Å². The summed E-state index contributed by atoms with van der Waals surface area (Å²) in [6, 6.07) is 0. The summed E-state index contributed by atoms with van der Waals surface area (Å²) >= 11 is 1.49. The first-order chi connectivity index (χ1) is 17.8. The van der Waals surface area contributed by atoms with Gasteiger partial charge in [-0.2, -0.15) is 0 Å². The molecule has 0 saturated carbocycles. The molecule has 0 saturated heterocycles. The Balaban J connectivity index is 0. The van der Waals surface area contributed by atoms with Crippen molar-refractivity contribution in [1.29, 1.82) is 5.41 Å². The van der Waals surface area contributed by atoms with Gasteiger partial charge in [0.15, 0.2) is 5.17 Å². The maximum Gasteiger partial charge on any atom is 0.151 e. The summed E-state index contributed by atoms with van der Waals surface area (Å²) < 4.78 is 0. The summed E-state index contributed by atoms with van der Waals surface area (Å²) in [5, 5.41) is 7.46. The van der Waals surface area contributed by atoms with Gasteiger partial charge < -0.3 is 5.73 Å². The number of rotatable bonds is 31. The lowest BCUT2D eigenvalue weighted by Gasteiger charge is -2.04. The molecule has 0 aromatic carbocycles. The highest BCUT2D eigenvalue weighted by atomic mass is 79.9. The van der Waals surface area contributed by atoms with Crippen LogP contribution < -0.4 is 5.73 Å². The van der Waals surface area contributed by atoms with Crippen molar-refractivity contribution in [2.24, 2.45) is 5.73 Å². The number of unbranched alkanes of at least 4 members (excludes halogenated alkanes) is 29. The average molecular weight is 606 g/mol. The minimum absolute atomic E-state index is 0. The molecule has 2 nitrogen and oxygen atoms in total. The van der Waals surface area contributed by atoms with Crippen molar-refractivity contribution in [1.82, 2.24) is 0 Å². The molecule has 0 rings (SSSR count). The fraction of sp³-hybridized carbons (Fsp3) is 0.970. The summed E-state index contributed by atoms with van der Waals surface area (Å²) in [6.07, 6.45) is 43.4. The number of nitrogens with one attached hydrogen (secondary N) is 1. The molecular formula is C33H69BrN2S. The van der Waals surface area contributed by atoms with E-state index in [1.165, 1.54) is 204 Å². The maximum atomic E-state index is 7.19. The number of hydrogen-bond acceptors (Lipinski definition) is 2. The van der Waals surface area contributed by atoms with Crippen molar-refractivity contribution in [3.8, 4) is 0 Å². The molecule has 224 valence electrons. The molecule has 0 unspecified atom stereocenters. The van der Waals surface area contributed by atoms with Crippen molar-refractivity contribution in [2.75, 3.05) is 5.75 Å². The maximum absolute atomic E-state index is 7.19. The molecule has 0 aromatic rings. The van der Waals surface area contributed by atoms with Crippen LogP contribution in [0.3, 0.4) is 0 Å². The predicted octanol–water partition coefficient (Wildman–Crippen LogP) is 12.9. The quantitative estimate of drug-likeness (QED) is 0.0469. The topological polar surface area (TPSA) is 49.9 Å². The lowest BCUT2D eigenvalue weighted by Crippen LogP contribution is -2.04. The van der Waals surface area contributed by atoms with Crippen molar-refractivity contribution in [2.45, 2.75) is 200 Å². The van der Waals surface area contributed by atoms with Gasteiger partial charge in [0.2, 0.25) is 0 Å². The van der Waals surface area contributed by atoms with Gasteiger partial charge in [0.1, 0.15) is 0 Å². The van der Waals surface area contributed by atoms with E-state index in [4.69, 9.17) is 11.1 Å². The molecule has 37 heavy (non-hydrogen) atoms. The van der Waals surface area contributed by atoms with E-state index in [2.05, 4.69) is 6.92 Å². The highest BCUT2D eigenvalue weighted by Gasteiger charge is 1.97. The molecule has 0 spiro atoms. The third kappa shape index (κ3) is 38.5. The van der Waals surface area contributed by atoms with Gasteiger partial charge in [0, 0.05) is 5.75 Å². The zero-order chi connectivity index (χ0) is 26.2. The fourth-order valence-electron chi connectivity index (χ4n) is 5.31. The smallest absolute Gasteiger partial charge is 0.151 e. The van der Waals surface area contributed by atoms with Crippen LogP contribution in [0.2, 0.25) is 0 Å². The number of thioether (sulfide) groups is 1. The summed E-state index contributed by atoms with van der Waals surface area (Å²) in [6.45, 7) is 2.30. The van der Waals surface area contributed by atoms with Crippen LogP contribution in [0.1, 0.15) is 200 Å². The molecule has 0 fully saturated rings. The number of hydrogen-bond donors (Lipinski definition) is 2. The number of nitrogens with two attached hydrogens (primary N) is 1. The van der Waals surface area contributed by atoms with E-state index in [9.17, 15) is 0 Å². The van der Waals surface area contributed by atoms with Gasteiger partial charge in [-0.25, -0.2) is 0 Å². The molecule has 0 aliphatic rings. The Morgan fingerprint density at radius 1 is 0.405 bits per heavy atom. The van der Waals surface area contributed by atoms with Crippen molar-refractivity contribution < 1.29 is 0 Å². The Morgan fingerprint density at radius 3 is 0.784 bits per heavy atom. The molecule has 0 atom stereocenters. The third-order valence-corrected chi connectivity index (χ3v) is 8.56. The zero-order valence-corrected chi connectivity index (χ0v) is 27.8. The molecule has 4 heteroatoms.